The number of benzene rings is 1. The van der Waals surface area contributed by atoms with Gasteiger partial charge in [0.25, 0.3) is 0 Å². The Labute approximate surface area is 159 Å². The molecular formula is C21H23N5O. The Morgan fingerprint density at radius 2 is 1.93 bits per heavy atom. The number of aryl methyl sites for hydroxylation is 1. The first-order chi connectivity index (χ1) is 13.3. The molecule has 0 unspecified atom stereocenters. The van der Waals surface area contributed by atoms with Crippen LogP contribution in [0.15, 0.2) is 54.9 Å². The topological polar surface area (TPSA) is 63.2 Å². The summed E-state index contributed by atoms with van der Waals surface area (Å²) in [6.07, 6.45) is 3.54. The molecule has 1 aliphatic heterocycles. The van der Waals surface area contributed by atoms with Crippen LogP contribution in [0.25, 0.3) is 11.4 Å². The smallest absolute Gasteiger partial charge is 0.163 e. The number of hydrogen-bond donors (Lipinski definition) is 1. The van der Waals surface area contributed by atoms with Gasteiger partial charge in [0.1, 0.15) is 5.82 Å². The summed E-state index contributed by atoms with van der Waals surface area (Å²) in [6, 6.07) is 14.3. The number of hydrogen-bond acceptors (Lipinski definition) is 6. The number of aromatic nitrogens is 3. The summed E-state index contributed by atoms with van der Waals surface area (Å²) in [7, 11) is 0. The van der Waals surface area contributed by atoms with Gasteiger partial charge >= 0.3 is 0 Å². The number of para-hydroxylation sites is 1. The SMILES string of the molecule is Cc1cc(NCc2ccccc2N2CCOCC2)nc(-c2cccnc2)n1. The van der Waals surface area contributed by atoms with Gasteiger partial charge in [-0.3, -0.25) is 4.98 Å². The summed E-state index contributed by atoms with van der Waals surface area (Å²) in [5, 5.41) is 3.46. The van der Waals surface area contributed by atoms with Gasteiger partial charge in [0.15, 0.2) is 5.82 Å². The third-order valence-corrected chi connectivity index (χ3v) is 4.58. The zero-order valence-corrected chi connectivity index (χ0v) is 15.4. The lowest BCUT2D eigenvalue weighted by Gasteiger charge is -2.30. The van der Waals surface area contributed by atoms with Gasteiger partial charge in [-0.2, -0.15) is 0 Å². The molecule has 3 aromatic rings. The van der Waals surface area contributed by atoms with E-state index in [-0.39, 0.29) is 0 Å². The first-order valence-electron chi connectivity index (χ1n) is 9.20. The van der Waals surface area contributed by atoms with Gasteiger partial charge in [-0.25, -0.2) is 9.97 Å². The number of anilines is 2. The maximum absolute atomic E-state index is 5.48. The molecule has 2 aromatic heterocycles. The van der Waals surface area contributed by atoms with Crippen molar-refractivity contribution in [1.29, 1.82) is 0 Å². The molecule has 138 valence electrons. The molecule has 0 radical (unpaired) electrons. The molecule has 0 atom stereocenters. The van der Waals surface area contributed by atoms with Gasteiger partial charge < -0.3 is 15.0 Å². The van der Waals surface area contributed by atoms with E-state index in [1.807, 2.05) is 25.1 Å². The van der Waals surface area contributed by atoms with Crippen molar-refractivity contribution in [1.82, 2.24) is 15.0 Å². The average molecular weight is 361 g/mol. The van der Waals surface area contributed by atoms with E-state index in [0.29, 0.717) is 12.4 Å². The maximum Gasteiger partial charge on any atom is 0.163 e. The third-order valence-electron chi connectivity index (χ3n) is 4.58. The number of nitrogens with one attached hydrogen (secondary N) is 1. The lowest BCUT2D eigenvalue weighted by molar-refractivity contribution is 0.122. The van der Waals surface area contributed by atoms with Crippen LogP contribution in [0.3, 0.4) is 0 Å². The fourth-order valence-corrected chi connectivity index (χ4v) is 3.24. The molecule has 0 aliphatic carbocycles. The van der Waals surface area contributed by atoms with Crippen molar-refractivity contribution in [3.8, 4) is 11.4 Å². The quantitative estimate of drug-likeness (QED) is 0.752. The summed E-state index contributed by atoms with van der Waals surface area (Å²) in [5.74, 6) is 1.50. The molecule has 6 heteroatoms. The van der Waals surface area contributed by atoms with Crippen LogP contribution in [-0.4, -0.2) is 41.3 Å². The fourth-order valence-electron chi connectivity index (χ4n) is 3.24. The molecule has 3 heterocycles. The lowest BCUT2D eigenvalue weighted by atomic mass is 10.1. The van der Waals surface area contributed by atoms with Crippen molar-refractivity contribution in [3.63, 3.8) is 0 Å². The Kier molecular flexibility index (Phi) is 5.25. The largest absolute Gasteiger partial charge is 0.378 e. The second-order valence-corrected chi connectivity index (χ2v) is 6.54. The second-order valence-electron chi connectivity index (χ2n) is 6.54. The zero-order chi connectivity index (χ0) is 18.5. The van der Waals surface area contributed by atoms with Crippen LogP contribution < -0.4 is 10.2 Å². The van der Waals surface area contributed by atoms with Crippen molar-refractivity contribution < 1.29 is 4.74 Å². The summed E-state index contributed by atoms with van der Waals surface area (Å²) < 4.78 is 5.48. The van der Waals surface area contributed by atoms with Gasteiger partial charge in [0.2, 0.25) is 0 Å². The second kappa shape index (κ2) is 8.14. The number of ether oxygens (including phenoxy) is 1. The third kappa shape index (κ3) is 4.23. The molecule has 1 saturated heterocycles. The van der Waals surface area contributed by atoms with Gasteiger partial charge in [-0.1, -0.05) is 18.2 Å². The van der Waals surface area contributed by atoms with Gasteiger partial charge in [0, 0.05) is 55.0 Å². The van der Waals surface area contributed by atoms with Crippen LogP contribution in [-0.2, 0) is 11.3 Å². The highest BCUT2D eigenvalue weighted by atomic mass is 16.5. The van der Waals surface area contributed by atoms with Gasteiger partial charge in [-0.05, 0) is 30.7 Å². The number of morpholine rings is 1. The summed E-state index contributed by atoms with van der Waals surface area (Å²) in [4.78, 5) is 15.7. The van der Waals surface area contributed by atoms with E-state index in [1.165, 1.54) is 11.3 Å². The first kappa shape index (κ1) is 17.4. The first-order valence-corrected chi connectivity index (χ1v) is 9.20. The van der Waals surface area contributed by atoms with Crippen molar-refractivity contribution in [3.05, 3.63) is 66.1 Å². The Balaban J connectivity index is 1.53. The summed E-state index contributed by atoms with van der Waals surface area (Å²) in [5.41, 5.74) is 4.34. The fraction of sp³-hybridized carbons (Fsp3) is 0.286. The molecule has 1 N–H and O–H groups in total. The molecule has 1 fully saturated rings. The van der Waals surface area contributed by atoms with E-state index in [9.17, 15) is 0 Å². The Morgan fingerprint density at radius 3 is 2.74 bits per heavy atom. The van der Waals surface area contributed by atoms with Crippen LogP contribution in [0.2, 0.25) is 0 Å². The molecule has 27 heavy (non-hydrogen) atoms. The zero-order valence-electron chi connectivity index (χ0n) is 15.4. The molecule has 0 spiro atoms. The van der Waals surface area contributed by atoms with E-state index in [0.717, 1.165) is 43.4 Å². The molecule has 1 aromatic carbocycles. The van der Waals surface area contributed by atoms with Crippen LogP contribution in [0, 0.1) is 6.92 Å². The molecule has 6 nitrogen and oxygen atoms in total. The lowest BCUT2D eigenvalue weighted by Crippen LogP contribution is -2.36. The predicted molar refractivity (Wildman–Crippen MR) is 107 cm³/mol. The van der Waals surface area contributed by atoms with E-state index in [4.69, 9.17) is 4.74 Å². The molecule has 0 saturated carbocycles. The van der Waals surface area contributed by atoms with Crippen LogP contribution in [0.1, 0.15) is 11.3 Å². The highest BCUT2D eigenvalue weighted by Crippen LogP contribution is 2.23. The number of rotatable bonds is 5. The summed E-state index contributed by atoms with van der Waals surface area (Å²) >= 11 is 0. The van der Waals surface area contributed by atoms with Crippen molar-refractivity contribution in [2.45, 2.75) is 13.5 Å². The van der Waals surface area contributed by atoms with E-state index < -0.39 is 0 Å². The van der Waals surface area contributed by atoms with E-state index in [2.05, 4.69) is 49.4 Å². The Morgan fingerprint density at radius 1 is 1.07 bits per heavy atom. The standard InChI is InChI=1S/C21H23N5O/c1-16-13-20(25-21(24-16)18-6-4-8-22-14-18)23-15-17-5-2-3-7-19(17)26-9-11-27-12-10-26/h2-8,13-14H,9-12,15H2,1H3,(H,23,24,25). The van der Waals surface area contributed by atoms with E-state index in [1.54, 1.807) is 12.4 Å². The minimum atomic E-state index is 0.687. The Hall–Kier alpha value is -2.99. The molecule has 4 rings (SSSR count). The molecule has 0 bridgehead atoms. The predicted octanol–water partition coefficient (Wildman–Crippen LogP) is 3.30. The Bertz CT molecular complexity index is 894. The monoisotopic (exact) mass is 361 g/mol. The minimum absolute atomic E-state index is 0.687. The molecular weight excluding hydrogens is 338 g/mol. The average Bonchev–Trinajstić information content (AvgIpc) is 2.73. The maximum atomic E-state index is 5.48. The highest BCUT2D eigenvalue weighted by Gasteiger charge is 2.14. The highest BCUT2D eigenvalue weighted by molar-refractivity contribution is 5.58. The van der Waals surface area contributed by atoms with Crippen molar-refractivity contribution >= 4 is 11.5 Å². The summed E-state index contributed by atoms with van der Waals surface area (Å²) in [6.45, 7) is 6.09. The normalized spacial score (nSPS) is 14.2. The number of pyridine rings is 1. The van der Waals surface area contributed by atoms with Crippen molar-refractivity contribution in [2.24, 2.45) is 0 Å². The van der Waals surface area contributed by atoms with Gasteiger partial charge in [0.05, 0.1) is 13.2 Å². The van der Waals surface area contributed by atoms with Gasteiger partial charge in [-0.15, -0.1) is 0 Å². The van der Waals surface area contributed by atoms with Crippen molar-refractivity contribution in [2.75, 3.05) is 36.5 Å². The van der Waals surface area contributed by atoms with Crippen LogP contribution >= 0.6 is 0 Å². The van der Waals surface area contributed by atoms with E-state index >= 15 is 0 Å². The molecule has 1 aliphatic rings. The van der Waals surface area contributed by atoms with Crippen LogP contribution in [0.4, 0.5) is 11.5 Å². The molecule has 0 amide bonds. The minimum Gasteiger partial charge on any atom is -0.378 e. The van der Waals surface area contributed by atoms with Crippen LogP contribution in [0.5, 0.6) is 0 Å². The number of nitrogens with zero attached hydrogens (tertiary/aromatic N) is 4.